The van der Waals surface area contributed by atoms with Gasteiger partial charge in [0.05, 0.1) is 18.4 Å². The van der Waals surface area contributed by atoms with Crippen molar-refractivity contribution >= 4 is 21.4 Å². The number of rotatable bonds is 7. The minimum Gasteiger partial charge on any atom is -0.494 e. The van der Waals surface area contributed by atoms with Gasteiger partial charge in [-0.15, -0.1) is 11.3 Å². The van der Waals surface area contributed by atoms with Gasteiger partial charge in [-0.2, -0.15) is 0 Å². The summed E-state index contributed by atoms with van der Waals surface area (Å²) in [6, 6.07) is 9.01. The highest BCUT2D eigenvalue weighted by atomic mass is 32.2. The second-order valence-electron chi connectivity index (χ2n) is 5.70. The Labute approximate surface area is 156 Å². The van der Waals surface area contributed by atoms with E-state index in [4.69, 9.17) is 9.26 Å². The smallest absolute Gasteiger partial charge is 0.242 e. The Balaban J connectivity index is 1.85. The van der Waals surface area contributed by atoms with Crippen molar-refractivity contribution < 1.29 is 17.7 Å². The molecule has 26 heavy (non-hydrogen) atoms. The Kier molecular flexibility index (Phi) is 5.45. The molecule has 0 aliphatic carbocycles. The largest absolute Gasteiger partial charge is 0.494 e. The molecule has 0 saturated carbocycles. The Hall–Kier alpha value is -2.16. The van der Waals surface area contributed by atoms with Crippen LogP contribution >= 0.6 is 11.3 Å². The van der Waals surface area contributed by atoms with Gasteiger partial charge in [0.25, 0.3) is 0 Å². The number of nitrogens with one attached hydrogen (secondary N) is 1. The molecule has 0 saturated heterocycles. The molecular weight excluding hydrogens is 372 g/mol. The zero-order chi connectivity index (χ0) is 18.7. The molecule has 0 unspecified atom stereocenters. The van der Waals surface area contributed by atoms with Crippen molar-refractivity contribution in [2.45, 2.75) is 32.2 Å². The first-order valence-corrected chi connectivity index (χ1v) is 10.4. The molecule has 0 aliphatic heterocycles. The summed E-state index contributed by atoms with van der Waals surface area (Å²) in [5, 5.41) is 3.69. The van der Waals surface area contributed by atoms with E-state index < -0.39 is 10.0 Å². The van der Waals surface area contributed by atoms with Crippen LogP contribution in [-0.4, -0.2) is 20.2 Å². The molecule has 3 rings (SSSR count). The lowest BCUT2D eigenvalue weighted by molar-refractivity contribution is 0.340. The summed E-state index contributed by atoms with van der Waals surface area (Å²) in [4.78, 5) is 1.84. The van der Waals surface area contributed by atoms with E-state index in [0.29, 0.717) is 22.8 Å². The number of aromatic nitrogens is 1. The van der Waals surface area contributed by atoms with Gasteiger partial charge in [0, 0.05) is 22.4 Å². The van der Waals surface area contributed by atoms with Crippen molar-refractivity contribution in [3.8, 4) is 17.1 Å². The fourth-order valence-electron chi connectivity index (χ4n) is 2.74. The standard InChI is InChI=1S/C18H20N2O4S2/c1-4-23-15-7-5-14(6-8-15)11-20-26(21,22)18-13(3)25-12(2)17(18)16-9-10-19-24-16/h5-10,20H,4,11H2,1-3H3. The van der Waals surface area contributed by atoms with Crippen LogP contribution in [0, 0.1) is 13.8 Å². The highest BCUT2D eigenvalue weighted by molar-refractivity contribution is 7.89. The summed E-state index contributed by atoms with van der Waals surface area (Å²) in [5.74, 6) is 1.21. The van der Waals surface area contributed by atoms with Crippen molar-refractivity contribution in [1.82, 2.24) is 9.88 Å². The third-order valence-corrected chi connectivity index (χ3v) is 6.58. The summed E-state index contributed by atoms with van der Waals surface area (Å²) in [6.07, 6.45) is 1.51. The molecule has 0 bridgehead atoms. The first-order chi connectivity index (χ1) is 12.4. The second-order valence-corrected chi connectivity index (χ2v) is 8.83. The van der Waals surface area contributed by atoms with Gasteiger partial charge in [-0.1, -0.05) is 17.3 Å². The molecular formula is C18H20N2O4S2. The van der Waals surface area contributed by atoms with Crippen LogP contribution in [0.3, 0.4) is 0 Å². The van der Waals surface area contributed by atoms with Gasteiger partial charge in [-0.05, 0) is 38.5 Å². The molecule has 0 atom stereocenters. The molecule has 8 heteroatoms. The number of ether oxygens (including phenoxy) is 1. The fourth-order valence-corrected chi connectivity index (χ4v) is 5.62. The van der Waals surface area contributed by atoms with E-state index in [0.717, 1.165) is 16.2 Å². The van der Waals surface area contributed by atoms with Crippen molar-refractivity contribution in [1.29, 1.82) is 0 Å². The zero-order valence-electron chi connectivity index (χ0n) is 14.8. The topological polar surface area (TPSA) is 81.4 Å². The van der Waals surface area contributed by atoms with Crippen LogP contribution in [0.4, 0.5) is 0 Å². The van der Waals surface area contributed by atoms with Crippen LogP contribution in [0.15, 0.2) is 45.9 Å². The van der Waals surface area contributed by atoms with E-state index in [-0.39, 0.29) is 11.4 Å². The number of hydrogen-bond donors (Lipinski definition) is 1. The van der Waals surface area contributed by atoms with Crippen LogP contribution < -0.4 is 9.46 Å². The van der Waals surface area contributed by atoms with Gasteiger partial charge in [-0.3, -0.25) is 0 Å². The predicted molar refractivity (Wildman–Crippen MR) is 101 cm³/mol. The number of thiophene rings is 1. The zero-order valence-corrected chi connectivity index (χ0v) is 16.4. The lowest BCUT2D eigenvalue weighted by Gasteiger charge is -2.09. The number of nitrogens with zero attached hydrogens (tertiary/aromatic N) is 1. The summed E-state index contributed by atoms with van der Waals surface area (Å²) >= 11 is 1.43. The van der Waals surface area contributed by atoms with Gasteiger partial charge >= 0.3 is 0 Å². The molecule has 0 aliphatic rings. The van der Waals surface area contributed by atoms with Crippen LogP contribution in [0.1, 0.15) is 22.2 Å². The Bertz CT molecular complexity index is 975. The van der Waals surface area contributed by atoms with Crippen LogP contribution in [0.25, 0.3) is 11.3 Å². The normalized spacial score (nSPS) is 11.7. The highest BCUT2D eigenvalue weighted by Crippen LogP contribution is 2.38. The van der Waals surface area contributed by atoms with E-state index in [9.17, 15) is 8.42 Å². The molecule has 0 spiro atoms. The van der Waals surface area contributed by atoms with Crippen LogP contribution in [0.5, 0.6) is 5.75 Å². The Morgan fingerprint density at radius 2 is 1.88 bits per heavy atom. The minimum atomic E-state index is -3.70. The van der Waals surface area contributed by atoms with Crippen molar-refractivity contribution in [2.75, 3.05) is 6.61 Å². The highest BCUT2D eigenvalue weighted by Gasteiger charge is 2.27. The molecule has 1 N–H and O–H groups in total. The minimum absolute atomic E-state index is 0.193. The average Bonchev–Trinajstić information content (AvgIpc) is 3.22. The predicted octanol–water partition coefficient (Wildman–Crippen LogP) is 3.90. The van der Waals surface area contributed by atoms with E-state index in [1.165, 1.54) is 17.5 Å². The summed E-state index contributed by atoms with van der Waals surface area (Å²) < 4.78 is 39.1. The first kappa shape index (κ1) is 18.6. The SMILES string of the molecule is CCOc1ccc(CNS(=O)(=O)c2c(C)sc(C)c2-c2ccno2)cc1. The van der Waals surface area contributed by atoms with Gasteiger partial charge in [0.1, 0.15) is 10.6 Å². The summed E-state index contributed by atoms with van der Waals surface area (Å²) in [5.41, 5.74) is 1.42. The molecule has 0 fully saturated rings. The van der Waals surface area contributed by atoms with Gasteiger partial charge in [0.2, 0.25) is 10.0 Å². The molecule has 0 radical (unpaired) electrons. The average molecular weight is 393 g/mol. The Morgan fingerprint density at radius 1 is 1.15 bits per heavy atom. The van der Waals surface area contributed by atoms with Crippen molar-refractivity contribution in [3.05, 3.63) is 51.8 Å². The third kappa shape index (κ3) is 3.82. The third-order valence-electron chi connectivity index (χ3n) is 3.86. The summed E-state index contributed by atoms with van der Waals surface area (Å²) in [7, 11) is -3.70. The number of benzene rings is 1. The molecule has 6 nitrogen and oxygen atoms in total. The molecule has 3 aromatic rings. The summed E-state index contributed by atoms with van der Waals surface area (Å²) in [6.45, 7) is 6.37. The lowest BCUT2D eigenvalue weighted by atomic mass is 10.2. The fraction of sp³-hybridized carbons (Fsp3) is 0.278. The maximum absolute atomic E-state index is 12.9. The Morgan fingerprint density at radius 3 is 2.50 bits per heavy atom. The van der Waals surface area contributed by atoms with E-state index >= 15 is 0 Å². The van der Waals surface area contributed by atoms with Crippen LogP contribution in [0.2, 0.25) is 0 Å². The first-order valence-electron chi connectivity index (χ1n) is 8.15. The van der Waals surface area contributed by atoms with E-state index in [1.807, 2.05) is 38.1 Å². The number of aryl methyl sites for hydroxylation is 2. The second kappa shape index (κ2) is 7.61. The maximum Gasteiger partial charge on any atom is 0.242 e. The quantitative estimate of drug-likeness (QED) is 0.659. The van der Waals surface area contributed by atoms with Gasteiger partial charge < -0.3 is 9.26 Å². The maximum atomic E-state index is 12.9. The van der Waals surface area contributed by atoms with Crippen LogP contribution in [-0.2, 0) is 16.6 Å². The van der Waals surface area contributed by atoms with Gasteiger partial charge in [0.15, 0.2) is 5.76 Å². The monoisotopic (exact) mass is 392 g/mol. The molecule has 1 aromatic carbocycles. The number of sulfonamides is 1. The lowest BCUT2D eigenvalue weighted by Crippen LogP contribution is -2.24. The van der Waals surface area contributed by atoms with Gasteiger partial charge in [-0.25, -0.2) is 13.1 Å². The molecule has 2 heterocycles. The van der Waals surface area contributed by atoms with E-state index in [2.05, 4.69) is 9.88 Å². The van der Waals surface area contributed by atoms with Crippen molar-refractivity contribution in [3.63, 3.8) is 0 Å². The van der Waals surface area contributed by atoms with Crippen molar-refractivity contribution in [2.24, 2.45) is 0 Å². The molecule has 138 valence electrons. The molecule has 2 aromatic heterocycles. The molecule has 0 amide bonds. The van der Waals surface area contributed by atoms with E-state index in [1.54, 1.807) is 13.0 Å². The number of hydrogen-bond acceptors (Lipinski definition) is 6.